The second-order valence-electron chi connectivity index (χ2n) is 4.15. The van der Waals surface area contributed by atoms with Gasteiger partial charge in [-0.1, -0.05) is 31.9 Å². The van der Waals surface area contributed by atoms with E-state index in [1.54, 1.807) is 0 Å². The molecule has 1 atom stereocenters. The maximum Gasteiger partial charge on any atom is 0.258 e. The summed E-state index contributed by atoms with van der Waals surface area (Å²) in [7, 11) is 0. The first-order valence-corrected chi connectivity index (χ1v) is 6.10. The molecule has 1 aromatic rings. The smallest absolute Gasteiger partial charge is 0.258 e. The van der Waals surface area contributed by atoms with Gasteiger partial charge in [-0.05, 0) is 30.0 Å². The number of rotatable bonds is 6. The Labute approximate surface area is 109 Å². The Morgan fingerprint density at radius 2 is 2.11 bits per heavy atom. The summed E-state index contributed by atoms with van der Waals surface area (Å²) in [6.07, 6.45) is 6.14. The highest BCUT2D eigenvalue weighted by atomic mass is 16.5. The Balaban J connectivity index is 2.44. The van der Waals surface area contributed by atoms with Crippen LogP contribution in [0.25, 0.3) is 0 Å². The van der Waals surface area contributed by atoms with Crippen LogP contribution in [0.2, 0.25) is 0 Å². The summed E-state index contributed by atoms with van der Waals surface area (Å²) in [4.78, 5) is 11.3. The van der Waals surface area contributed by atoms with Crippen molar-refractivity contribution in [2.75, 3.05) is 13.2 Å². The van der Waals surface area contributed by atoms with Gasteiger partial charge in [0.05, 0.1) is 6.54 Å². The third-order valence-corrected chi connectivity index (χ3v) is 2.82. The summed E-state index contributed by atoms with van der Waals surface area (Å²) in [5, 5.41) is 2.54. The highest BCUT2D eigenvalue weighted by molar-refractivity contribution is 5.77. The molecule has 0 spiro atoms. The van der Waals surface area contributed by atoms with E-state index in [-0.39, 0.29) is 19.1 Å². The summed E-state index contributed by atoms with van der Waals surface area (Å²) in [5.41, 5.74) is 1.28. The van der Waals surface area contributed by atoms with Crippen molar-refractivity contribution in [3.63, 3.8) is 0 Å². The molecule has 0 aliphatic heterocycles. The zero-order chi connectivity index (χ0) is 13.4. The van der Waals surface area contributed by atoms with Crippen molar-refractivity contribution in [2.45, 2.75) is 26.2 Å². The number of terminal acetylenes is 1. The molecule has 1 amide bonds. The first-order chi connectivity index (χ1) is 8.67. The lowest BCUT2D eigenvalue weighted by molar-refractivity contribution is -0.122. The Kier molecular flexibility index (Phi) is 5.79. The normalized spacial score (nSPS) is 11.4. The average Bonchev–Trinajstić information content (AvgIpc) is 2.42. The monoisotopic (exact) mass is 245 g/mol. The number of benzene rings is 1. The van der Waals surface area contributed by atoms with Crippen molar-refractivity contribution in [3.8, 4) is 18.1 Å². The van der Waals surface area contributed by atoms with Crippen molar-refractivity contribution in [1.82, 2.24) is 5.32 Å². The summed E-state index contributed by atoms with van der Waals surface area (Å²) >= 11 is 0. The molecule has 0 bridgehead atoms. The van der Waals surface area contributed by atoms with Gasteiger partial charge in [-0.15, -0.1) is 6.42 Å². The van der Waals surface area contributed by atoms with E-state index < -0.39 is 0 Å². The predicted molar refractivity (Wildman–Crippen MR) is 72.5 cm³/mol. The SMILES string of the molecule is C#CCNC(=O)COc1ccc(C(C)CC)cc1. The minimum atomic E-state index is -0.209. The molecular weight excluding hydrogens is 226 g/mol. The van der Waals surface area contributed by atoms with Crippen molar-refractivity contribution < 1.29 is 9.53 Å². The molecule has 3 nitrogen and oxygen atoms in total. The first kappa shape index (κ1) is 14.1. The standard InChI is InChI=1S/C15H19NO2/c1-4-10-16-15(17)11-18-14-8-6-13(7-9-14)12(3)5-2/h1,6-9,12H,5,10-11H2,2-3H3,(H,16,17). The maximum atomic E-state index is 11.3. The number of ether oxygens (including phenoxy) is 1. The van der Waals surface area contributed by atoms with Gasteiger partial charge in [0.15, 0.2) is 6.61 Å². The zero-order valence-electron chi connectivity index (χ0n) is 10.9. The van der Waals surface area contributed by atoms with Crippen LogP contribution in [0.1, 0.15) is 31.7 Å². The van der Waals surface area contributed by atoms with Gasteiger partial charge in [0, 0.05) is 0 Å². The van der Waals surface area contributed by atoms with Gasteiger partial charge < -0.3 is 10.1 Å². The number of carbonyl (C=O) groups is 1. The minimum Gasteiger partial charge on any atom is -0.484 e. The third kappa shape index (κ3) is 4.50. The lowest BCUT2D eigenvalue weighted by Crippen LogP contribution is -2.28. The predicted octanol–water partition coefficient (Wildman–Crippen LogP) is 2.33. The largest absolute Gasteiger partial charge is 0.484 e. The van der Waals surface area contributed by atoms with Crippen LogP contribution in [0.5, 0.6) is 5.75 Å². The molecule has 1 unspecified atom stereocenters. The highest BCUT2D eigenvalue weighted by Gasteiger charge is 2.04. The molecule has 0 radical (unpaired) electrons. The Morgan fingerprint density at radius 1 is 1.44 bits per heavy atom. The van der Waals surface area contributed by atoms with E-state index in [9.17, 15) is 4.79 Å². The van der Waals surface area contributed by atoms with Crippen LogP contribution in [-0.2, 0) is 4.79 Å². The quantitative estimate of drug-likeness (QED) is 0.781. The summed E-state index contributed by atoms with van der Waals surface area (Å²) in [5.74, 6) is 3.36. The molecule has 18 heavy (non-hydrogen) atoms. The lowest BCUT2D eigenvalue weighted by atomic mass is 9.99. The number of hydrogen-bond acceptors (Lipinski definition) is 2. The fourth-order valence-electron chi connectivity index (χ4n) is 1.48. The molecule has 0 fully saturated rings. The van der Waals surface area contributed by atoms with Crippen molar-refractivity contribution >= 4 is 5.91 Å². The summed E-state index contributed by atoms with van der Waals surface area (Å²) < 4.78 is 5.35. The molecule has 96 valence electrons. The van der Waals surface area contributed by atoms with Gasteiger partial charge in [0.25, 0.3) is 5.91 Å². The molecule has 0 heterocycles. The highest BCUT2D eigenvalue weighted by Crippen LogP contribution is 2.21. The second-order valence-corrected chi connectivity index (χ2v) is 4.15. The van der Waals surface area contributed by atoms with Crippen LogP contribution >= 0.6 is 0 Å². The Morgan fingerprint density at radius 3 is 2.67 bits per heavy atom. The van der Waals surface area contributed by atoms with E-state index in [0.29, 0.717) is 11.7 Å². The van der Waals surface area contributed by atoms with Gasteiger partial charge in [-0.2, -0.15) is 0 Å². The van der Waals surface area contributed by atoms with Crippen LogP contribution in [0, 0.1) is 12.3 Å². The molecule has 1 aromatic carbocycles. The molecule has 1 N–H and O–H groups in total. The second kappa shape index (κ2) is 7.39. The number of hydrogen-bond donors (Lipinski definition) is 1. The summed E-state index contributed by atoms with van der Waals surface area (Å²) in [6.45, 7) is 4.56. The van der Waals surface area contributed by atoms with Crippen molar-refractivity contribution in [3.05, 3.63) is 29.8 Å². The summed E-state index contributed by atoms with van der Waals surface area (Å²) in [6, 6.07) is 7.83. The molecule has 3 heteroatoms. The topological polar surface area (TPSA) is 38.3 Å². The van der Waals surface area contributed by atoms with Crippen LogP contribution in [-0.4, -0.2) is 19.1 Å². The molecule has 1 rings (SSSR count). The first-order valence-electron chi connectivity index (χ1n) is 6.10. The average molecular weight is 245 g/mol. The van der Waals surface area contributed by atoms with Crippen molar-refractivity contribution in [2.24, 2.45) is 0 Å². The van der Waals surface area contributed by atoms with E-state index in [0.717, 1.165) is 6.42 Å². The van der Waals surface area contributed by atoms with Gasteiger partial charge in [-0.25, -0.2) is 0 Å². The van der Waals surface area contributed by atoms with Gasteiger partial charge >= 0.3 is 0 Å². The third-order valence-electron chi connectivity index (χ3n) is 2.82. The molecule has 0 aromatic heterocycles. The Hall–Kier alpha value is -1.95. The number of carbonyl (C=O) groups excluding carboxylic acids is 1. The van der Waals surface area contributed by atoms with E-state index in [1.165, 1.54) is 5.56 Å². The molecular formula is C15H19NO2. The van der Waals surface area contributed by atoms with E-state index in [4.69, 9.17) is 11.2 Å². The van der Waals surface area contributed by atoms with E-state index in [2.05, 4.69) is 25.1 Å². The fraction of sp³-hybridized carbons (Fsp3) is 0.400. The molecule has 0 aliphatic carbocycles. The van der Waals surface area contributed by atoms with Crippen LogP contribution < -0.4 is 10.1 Å². The zero-order valence-corrected chi connectivity index (χ0v) is 10.9. The van der Waals surface area contributed by atoms with Gasteiger partial charge in [-0.3, -0.25) is 4.79 Å². The fourth-order valence-corrected chi connectivity index (χ4v) is 1.48. The van der Waals surface area contributed by atoms with E-state index in [1.807, 2.05) is 24.3 Å². The lowest BCUT2D eigenvalue weighted by Gasteiger charge is -2.10. The van der Waals surface area contributed by atoms with E-state index >= 15 is 0 Å². The van der Waals surface area contributed by atoms with Gasteiger partial charge in [0.2, 0.25) is 0 Å². The molecule has 0 saturated heterocycles. The molecule has 0 aliphatic rings. The Bertz CT molecular complexity index is 417. The van der Waals surface area contributed by atoms with Crippen molar-refractivity contribution in [1.29, 1.82) is 0 Å². The van der Waals surface area contributed by atoms with Crippen LogP contribution in [0.3, 0.4) is 0 Å². The van der Waals surface area contributed by atoms with Gasteiger partial charge in [0.1, 0.15) is 5.75 Å². The number of amides is 1. The van der Waals surface area contributed by atoms with Crippen LogP contribution in [0.4, 0.5) is 0 Å². The molecule has 0 saturated carbocycles. The minimum absolute atomic E-state index is 0.00957. The maximum absolute atomic E-state index is 11.3. The number of nitrogens with one attached hydrogen (secondary N) is 1. The van der Waals surface area contributed by atoms with Crippen LogP contribution in [0.15, 0.2) is 24.3 Å².